The molecule has 1 aliphatic heterocycles. The number of hydrogen-bond donors (Lipinski definition) is 2. The molecule has 0 bridgehead atoms. The normalized spacial score (nSPS) is 13.8. The smallest absolute Gasteiger partial charge is 0.311 e. The molecule has 1 saturated heterocycles. The van der Waals surface area contributed by atoms with Crippen LogP contribution in [0.2, 0.25) is 0 Å². The molecule has 1 N–H and O–H groups in total. The lowest BCUT2D eigenvalue weighted by Crippen LogP contribution is -2.48. The van der Waals surface area contributed by atoms with Crippen molar-refractivity contribution >= 4 is 18.5 Å². The van der Waals surface area contributed by atoms with Gasteiger partial charge >= 0.3 is 11.8 Å². The highest BCUT2D eigenvalue weighted by Gasteiger charge is 2.26. The Morgan fingerprint density at radius 1 is 1.11 bits per heavy atom. The molecule has 1 aromatic carbocycles. The van der Waals surface area contributed by atoms with Crippen LogP contribution in [0.25, 0.3) is 0 Å². The Kier molecular flexibility index (Phi) is 9.64. The number of carbonyl (C=O) groups is 1. The second kappa shape index (κ2) is 12.7. The fourth-order valence-corrected chi connectivity index (χ4v) is 3.93. The third-order valence-corrected chi connectivity index (χ3v) is 6.41. The topological polar surface area (TPSA) is 96.6 Å². The molecule has 0 spiro atoms. The Hall–Kier alpha value is -2.95. The van der Waals surface area contributed by atoms with E-state index in [0.717, 1.165) is 47.1 Å². The van der Waals surface area contributed by atoms with Gasteiger partial charge in [0, 0.05) is 49.5 Å². The number of pyridine rings is 1. The quantitative estimate of drug-likeness (QED) is 0.501. The highest BCUT2D eigenvalue weighted by molar-refractivity contribution is 7.80. The Balaban J connectivity index is 0.000000261. The van der Waals surface area contributed by atoms with Gasteiger partial charge in [0.2, 0.25) is 5.89 Å². The number of piperazine rings is 1. The van der Waals surface area contributed by atoms with E-state index in [1.165, 1.54) is 5.56 Å². The Morgan fingerprint density at radius 2 is 1.80 bits per heavy atom. The van der Waals surface area contributed by atoms with Gasteiger partial charge in [0.25, 0.3) is 0 Å². The monoisotopic (exact) mass is 498 g/mol. The molecule has 0 unspecified atom stereocenters. The number of thiol groups is 1. The van der Waals surface area contributed by atoms with Crippen molar-refractivity contribution in [2.45, 2.75) is 38.8 Å². The lowest BCUT2D eigenvalue weighted by Gasteiger charge is -2.34. The van der Waals surface area contributed by atoms with E-state index < -0.39 is 0 Å². The number of methoxy groups -OCH3 is 1. The van der Waals surface area contributed by atoms with Crippen LogP contribution in [0.3, 0.4) is 0 Å². The number of amides is 1. The van der Waals surface area contributed by atoms with Crippen molar-refractivity contribution in [2.75, 3.05) is 40.3 Å². The molecule has 1 aliphatic rings. The zero-order valence-corrected chi connectivity index (χ0v) is 21.9. The lowest BCUT2D eigenvalue weighted by atomic mass is 10.1. The molecule has 1 amide bonds. The van der Waals surface area contributed by atoms with E-state index in [-0.39, 0.29) is 11.8 Å². The standard InChI is InChI=1S/C16H22N6O2.C9H12OS/c1-12-9-13(3-4-18-12)11-21-5-7-22(8-6-21)16(23)15-20-19-14(24-15)10-17-2;1-6-4-8(10-3)5-7(2)9(6)11/h3-4,9,17H,5-8,10-11H2,1-2H3;4-5,11H,1-3H3. The average Bonchev–Trinajstić information content (AvgIpc) is 3.31. The van der Waals surface area contributed by atoms with Gasteiger partial charge in [-0.3, -0.25) is 14.7 Å². The maximum Gasteiger partial charge on any atom is 0.311 e. The number of hydrogen-bond acceptors (Lipinski definition) is 9. The first-order valence-electron chi connectivity index (χ1n) is 11.5. The Morgan fingerprint density at radius 3 is 2.40 bits per heavy atom. The van der Waals surface area contributed by atoms with Crippen molar-refractivity contribution in [3.8, 4) is 5.75 Å². The van der Waals surface area contributed by atoms with Crippen LogP contribution in [0, 0.1) is 20.8 Å². The minimum atomic E-state index is -0.191. The van der Waals surface area contributed by atoms with E-state index in [4.69, 9.17) is 9.15 Å². The zero-order valence-electron chi connectivity index (χ0n) is 21.0. The van der Waals surface area contributed by atoms with Crippen molar-refractivity contribution in [1.29, 1.82) is 0 Å². The Bertz CT molecular complexity index is 1100. The van der Waals surface area contributed by atoms with Crippen molar-refractivity contribution in [3.05, 3.63) is 64.6 Å². The van der Waals surface area contributed by atoms with Crippen LogP contribution in [0.4, 0.5) is 0 Å². The fraction of sp³-hybridized carbons (Fsp3) is 0.440. The van der Waals surface area contributed by atoms with Gasteiger partial charge in [-0.15, -0.1) is 22.8 Å². The largest absolute Gasteiger partial charge is 0.497 e. The number of nitrogens with zero attached hydrogens (tertiary/aromatic N) is 5. The van der Waals surface area contributed by atoms with Gasteiger partial charge in [-0.05, 0) is 68.8 Å². The summed E-state index contributed by atoms with van der Waals surface area (Å²) in [6.45, 7) is 10.3. The molecule has 0 atom stereocenters. The first-order chi connectivity index (χ1) is 16.8. The summed E-state index contributed by atoms with van der Waals surface area (Å²) in [6.07, 6.45) is 1.84. The highest BCUT2D eigenvalue weighted by atomic mass is 32.1. The minimum Gasteiger partial charge on any atom is -0.497 e. The molecule has 188 valence electrons. The minimum absolute atomic E-state index is 0.0680. The van der Waals surface area contributed by atoms with E-state index in [2.05, 4.69) is 44.1 Å². The summed E-state index contributed by atoms with van der Waals surface area (Å²) in [6, 6.07) is 8.09. The Labute approximate surface area is 212 Å². The van der Waals surface area contributed by atoms with Gasteiger partial charge in [0.15, 0.2) is 0 Å². The molecular weight excluding hydrogens is 464 g/mol. The van der Waals surface area contributed by atoms with Gasteiger partial charge in [0.05, 0.1) is 13.7 Å². The predicted octanol–water partition coefficient (Wildman–Crippen LogP) is 3.05. The van der Waals surface area contributed by atoms with Crippen LogP contribution in [0.1, 0.15) is 39.0 Å². The van der Waals surface area contributed by atoms with Crippen LogP contribution in [0.15, 0.2) is 39.8 Å². The van der Waals surface area contributed by atoms with Crippen LogP contribution < -0.4 is 10.1 Å². The van der Waals surface area contributed by atoms with Crippen molar-refractivity contribution < 1.29 is 13.9 Å². The van der Waals surface area contributed by atoms with Crippen LogP contribution >= 0.6 is 12.6 Å². The van der Waals surface area contributed by atoms with Crippen LogP contribution in [0.5, 0.6) is 5.75 Å². The summed E-state index contributed by atoms with van der Waals surface area (Å²) in [5.41, 5.74) is 4.58. The summed E-state index contributed by atoms with van der Waals surface area (Å²) in [5, 5.41) is 10.6. The molecule has 4 rings (SSSR count). The summed E-state index contributed by atoms with van der Waals surface area (Å²) in [5.74, 6) is 1.20. The molecule has 10 heteroatoms. The summed E-state index contributed by atoms with van der Waals surface area (Å²) in [7, 11) is 3.46. The van der Waals surface area contributed by atoms with E-state index in [1.807, 2.05) is 45.2 Å². The van der Waals surface area contributed by atoms with Gasteiger partial charge < -0.3 is 19.4 Å². The number of aromatic nitrogens is 3. The molecule has 0 radical (unpaired) electrons. The fourth-order valence-electron chi connectivity index (χ4n) is 3.80. The maximum atomic E-state index is 12.4. The van der Waals surface area contributed by atoms with Crippen LogP contribution in [-0.4, -0.2) is 71.2 Å². The molecule has 0 aliphatic carbocycles. The molecule has 3 aromatic rings. The maximum absolute atomic E-state index is 12.4. The summed E-state index contributed by atoms with van der Waals surface area (Å²) in [4.78, 5) is 21.8. The molecule has 2 aromatic heterocycles. The molecule has 9 nitrogen and oxygen atoms in total. The average molecular weight is 499 g/mol. The van der Waals surface area contributed by atoms with E-state index in [9.17, 15) is 4.79 Å². The number of benzene rings is 1. The van der Waals surface area contributed by atoms with Crippen molar-refractivity contribution in [1.82, 2.24) is 30.3 Å². The molecular formula is C25H34N6O3S. The number of carbonyl (C=O) groups excluding carboxylic acids is 1. The molecule has 3 heterocycles. The lowest BCUT2D eigenvalue weighted by molar-refractivity contribution is 0.0588. The van der Waals surface area contributed by atoms with E-state index in [1.54, 1.807) is 19.1 Å². The second-order valence-corrected chi connectivity index (χ2v) is 8.96. The van der Waals surface area contributed by atoms with Gasteiger partial charge in [-0.2, -0.15) is 0 Å². The SMILES string of the molecule is CNCc1nnc(C(=O)N2CCN(Cc3ccnc(C)c3)CC2)o1.COc1cc(C)c(S)c(C)c1. The van der Waals surface area contributed by atoms with Gasteiger partial charge in [0.1, 0.15) is 5.75 Å². The van der Waals surface area contributed by atoms with Crippen molar-refractivity contribution in [2.24, 2.45) is 0 Å². The van der Waals surface area contributed by atoms with Crippen molar-refractivity contribution in [3.63, 3.8) is 0 Å². The molecule has 0 saturated carbocycles. The van der Waals surface area contributed by atoms with Gasteiger partial charge in [-0.25, -0.2) is 0 Å². The number of ether oxygens (including phenoxy) is 1. The second-order valence-electron chi connectivity index (χ2n) is 8.51. The number of rotatable bonds is 6. The first kappa shape index (κ1) is 26.7. The third kappa shape index (κ3) is 7.51. The van der Waals surface area contributed by atoms with Crippen LogP contribution in [-0.2, 0) is 13.1 Å². The number of nitrogens with one attached hydrogen (secondary N) is 1. The highest BCUT2D eigenvalue weighted by Crippen LogP contribution is 2.23. The third-order valence-electron chi connectivity index (χ3n) is 5.70. The molecule has 35 heavy (non-hydrogen) atoms. The zero-order chi connectivity index (χ0) is 25.4. The first-order valence-corrected chi connectivity index (χ1v) is 12.0. The molecule has 1 fully saturated rings. The summed E-state index contributed by atoms with van der Waals surface area (Å²) >= 11 is 4.34. The van der Waals surface area contributed by atoms with E-state index >= 15 is 0 Å². The van der Waals surface area contributed by atoms with E-state index in [0.29, 0.717) is 25.5 Å². The summed E-state index contributed by atoms with van der Waals surface area (Å²) < 4.78 is 10.5. The van der Waals surface area contributed by atoms with Gasteiger partial charge in [-0.1, -0.05) is 0 Å². The predicted molar refractivity (Wildman–Crippen MR) is 137 cm³/mol. The number of aryl methyl sites for hydroxylation is 3.